The van der Waals surface area contributed by atoms with E-state index in [9.17, 15) is 4.79 Å². The lowest BCUT2D eigenvalue weighted by molar-refractivity contribution is 0.100. The zero-order valence-corrected chi connectivity index (χ0v) is 12.8. The summed E-state index contributed by atoms with van der Waals surface area (Å²) in [4.78, 5) is 11.3. The lowest BCUT2D eigenvalue weighted by Crippen LogP contribution is -2.34. The quantitative estimate of drug-likeness (QED) is 0.895. The first-order valence-corrected chi connectivity index (χ1v) is 8.37. The lowest BCUT2D eigenvalue weighted by atomic mass is 9.79. The van der Waals surface area contributed by atoms with Crippen LogP contribution >= 0.6 is 11.6 Å². The second kappa shape index (κ2) is 4.91. The number of rotatable bonds is 3. The topological polar surface area (TPSA) is 55.1 Å². The van der Waals surface area contributed by atoms with Gasteiger partial charge in [0.25, 0.3) is 0 Å². The van der Waals surface area contributed by atoms with E-state index in [4.69, 9.17) is 17.3 Å². The van der Waals surface area contributed by atoms with Crippen molar-refractivity contribution in [1.82, 2.24) is 0 Å². The van der Waals surface area contributed by atoms with Crippen LogP contribution in [0.2, 0.25) is 5.02 Å². The van der Waals surface area contributed by atoms with Gasteiger partial charge in [0, 0.05) is 11.6 Å². The number of hydrogen-bond acceptors (Lipinski definition) is 2. The number of hydrogen-bond donors (Lipinski definition) is 2. The number of carbonyl (C=O) groups excluding carboxylic acids is 1. The van der Waals surface area contributed by atoms with Crippen molar-refractivity contribution in [3.63, 3.8) is 0 Å². The first-order chi connectivity index (χ1) is 10.1. The van der Waals surface area contributed by atoms with Crippen molar-refractivity contribution in [3.05, 3.63) is 28.8 Å². The number of nitrogens with two attached hydrogens (primary N) is 1. The van der Waals surface area contributed by atoms with E-state index in [1.54, 1.807) is 18.2 Å². The van der Waals surface area contributed by atoms with Gasteiger partial charge in [0.1, 0.15) is 0 Å². The Morgan fingerprint density at radius 3 is 2.81 bits per heavy atom. The summed E-state index contributed by atoms with van der Waals surface area (Å²) in [7, 11) is 0. The van der Waals surface area contributed by atoms with Gasteiger partial charge in [-0.2, -0.15) is 0 Å². The van der Waals surface area contributed by atoms with E-state index in [0.717, 1.165) is 29.4 Å². The average molecular weight is 305 g/mol. The molecule has 3 nitrogen and oxygen atoms in total. The predicted octanol–water partition coefficient (Wildman–Crippen LogP) is 3.68. The predicted molar refractivity (Wildman–Crippen MR) is 84.4 cm³/mol. The molecule has 3 fully saturated rings. The molecule has 3 saturated carbocycles. The fourth-order valence-corrected chi connectivity index (χ4v) is 5.40. The number of anilines is 1. The maximum absolute atomic E-state index is 11.3. The minimum atomic E-state index is -0.404. The Labute approximate surface area is 130 Å². The molecule has 4 rings (SSSR count). The molecule has 1 amide bonds. The molecule has 5 atom stereocenters. The highest BCUT2D eigenvalue weighted by Gasteiger charge is 2.53. The highest BCUT2D eigenvalue weighted by molar-refractivity contribution is 6.33. The minimum absolute atomic E-state index is 0.404. The third-order valence-corrected chi connectivity index (χ3v) is 6.35. The van der Waals surface area contributed by atoms with E-state index in [1.165, 1.54) is 32.1 Å². The molecule has 0 radical (unpaired) electrons. The van der Waals surface area contributed by atoms with Crippen molar-refractivity contribution >= 4 is 23.2 Å². The van der Waals surface area contributed by atoms with Crippen molar-refractivity contribution < 1.29 is 4.79 Å². The minimum Gasteiger partial charge on any atom is -0.381 e. The molecule has 112 valence electrons. The van der Waals surface area contributed by atoms with Gasteiger partial charge in [-0.25, -0.2) is 0 Å². The van der Waals surface area contributed by atoms with E-state index in [2.05, 4.69) is 5.32 Å². The summed E-state index contributed by atoms with van der Waals surface area (Å²) in [6.45, 7) is 0. The highest BCUT2D eigenvalue weighted by Crippen LogP contribution is 2.59. The molecule has 4 heteroatoms. The van der Waals surface area contributed by atoms with Crippen LogP contribution in [0.1, 0.15) is 42.5 Å². The third-order valence-electron chi connectivity index (χ3n) is 6.02. The van der Waals surface area contributed by atoms with Gasteiger partial charge in [-0.05, 0) is 67.6 Å². The Kier molecular flexibility index (Phi) is 3.14. The van der Waals surface area contributed by atoms with Gasteiger partial charge in [0.15, 0.2) is 0 Å². The second-order valence-electron chi connectivity index (χ2n) is 6.96. The number of primary amides is 1. The molecular weight excluding hydrogens is 284 g/mol. The molecule has 3 aliphatic carbocycles. The molecule has 5 unspecified atom stereocenters. The maximum Gasteiger partial charge on any atom is 0.248 e. The Hall–Kier alpha value is -1.22. The smallest absolute Gasteiger partial charge is 0.248 e. The summed E-state index contributed by atoms with van der Waals surface area (Å²) in [5.41, 5.74) is 6.74. The molecule has 0 aliphatic heterocycles. The van der Waals surface area contributed by atoms with Gasteiger partial charge >= 0.3 is 0 Å². The molecule has 0 saturated heterocycles. The Bertz CT molecular complexity index is 588. The molecule has 1 aromatic rings. The van der Waals surface area contributed by atoms with E-state index >= 15 is 0 Å². The number of nitrogens with one attached hydrogen (secondary N) is 1. The molecule has 3 aliphatic rings. The first-order valence-electron chi connectivity index (χ1n) is 7.99. The molecule has 21 heavy (non-hydrogen) atoms. The standard InChI is InChI=1S/C17H21ClN2O/c18-14-5-4-9(17(19)21)7-16(14)20-15-8-10-6-13(15)12-3-1-2-11(10)12/h4-5,7,10-13,15,20H,1-3,6,8H2,(H2,19,21). The van der Waals surface area contributed by atoms with Crippen molar-refractivity contribution in [1.29, 1.82) is 0 Å². The number of benzene rings is 1. The van der Waals surface area contributed by atoms with Crippen LogP contribution in [0.15, 0.2) is 18.2 Å². The summed E-state index contributed by atoms with van der Waals surface area (Å²) in [6, 6.07) is 5.75. The van der Waals surface area contributed by atoms with Gasteiger partial charge in [-0.15, -0.1) is 0 Å². The maximum atomic E-state index is 11.3. The van der Waals surface area contributed by atoms with Crippen LogP contribution in [0.4, 0.5) is 5.69 Å². The van der Waals surface area contributed by atoms with Gasteiger partial charge in [0.2, 0.25) is 5.91 Å². The van der Waals surface area contributed by atoms with Crippen LogP contribution in [-0.4, -0.2) is 11.9 Å². The van der Waals surface area contributed by atoms with Gasteiger partial charge < -0.3 is 11.1 Å². The fraction of sp³-hybridized carbons (Fsp3) is 0.588. The molecule has 2 bridgehead atoms. The monoisotopic (exact) mass is 304 g/mol. The van der Waals surface area contributed by atoms with E-state index in [-0.39, 0.29) is 0 Å². The zero-order valence-electron chi connectivity index (χ0n) is 12.0. The summed E-state index contributed by atoms with van der Waals surface area (Å²) in [5.74, 6) is 3.19. The molecular formula is C17H21ClN2O. The van der Waals surface area contributed by atoms with Crippen LogP contribution in [0.25, 0.3) is 0 Å². The highest BCUT2D eigenvalue weighted by atomic mass is 35.5. The molecule has 1 aromatic carbocycles. The number of fused-ring (bicyclic) bond motifs is 5. The number of amides is 1. The van der Waals surface area contributed by atoms with Crippen molar-refractivity contribution in [3.8, 4) is 0 Å². The van der Waals surface area contributed by atoms with Crippen LogP contribution < -0.4 is 11.1 Å². The summed E-state index contributed by atoms with van der Waals surface area (Å²) in [6.07, 6.45) is 6.88. The lowest BCUT2D eigenvalue weighted by Gasteiger charge is -2.33. The molecule has 0 spiro atoms. The van der Waals surface area contributed by atoms with E-state index < -0.39 is 5.91 Å². The SMILES string of the molecule is NC(=O)c1ccc(Cl)c(NC2CC3CC2C2CCCC32)c1. The Morgan fingerprint density at radius 1 is 1.19 bits per heavy atom. The summed E-state index contributed by atoms with van der Waals surface area (Å²) >= 11 is 6.28. The third kappa shape index (κ3) is 2.13. The fourth-order valence-electron chi connectivity index (χ4n) is 5.22. The molecule has 3 N–H and O–H groups in total. The van der Waals surface area contributed by atoms with Crippen LogP contribution in [0.3, 0.4) is 0 Å². The second-order valence-corrected chi connectivity index (χ2v) is 7.37. The van der Waals surface area contributed by atoms with E-state index in [1.807, 2.05) is 0 Å². The van der Waals surface area contributed by atoms with Gasteiger partial charge in [-0.3, -0.25) is 4.79 Å². The van der Waals surface area contributed by atoms with Gasteiger partial charge in [-0.1, -0.05) is 18.0 Å². The Morgan fingerprint density at radius 2 is 2.00 bits per heavy atom. The largest absolute Gasteiger partial charge is 0.381 e. The van der Waals surface area contributed by atoms with Crippen molar-refractivity contribution in [2.24, 2.45) is 29.4 Å². The molecule has 0 heterocycles. The van der Waals surface area contributed by atoms with Crippen molar-refractivity contribution in [2.75, 3.05) is 5.32 Å². The summed E-state index contributed by atoms with van der Waals surface area (Å²) in [5, 5.41) is 4.28. The first kappa shape index (κ1) is 13.4. The zero-order chi connectivity index (χ0) is 14.6. The van der Waals surface area contributed by atoms with Crippen LogP contribution in [0.5, 0.6) is 0 Å². The van der Waals surface area contributed by atoms with Crippen LogP contribution in [-0.2, 0) is 0 Å². The van der Waals surface area contributed by atoms with E-state index in [0.29, 0.717) is 16.6 Å². The van der Waals surface area contributed by atoms with Crippen LogP contribution in [0, 0.1) is 23.7 Å². The normalized spacial score (nSPS) is 36.7. The Balaban J connectivity index is 1.55. The van der Waals surface area contributed by atoms with Crippen molar-refractivity contribution in [2.45, 2.75) is 38.1 Å². The summed E-state index contributed by atoms with van der Waals surface area (Å²) < 4.78 is 0. The average Bonchev–Trinajstić information content (AvgIpc) is 3.12. The van der Waals surface area contributed by atoms with Gasteiger partial charge in [0.05, 0.1) is 10.7 Å². The number of carbonyl (C=O) groups is 1. The number of halogens is 1. The molecule has 0 aromatic heterocycles.